The van der Waals surface area contributed by atoms with Crippen molar-refractivity contribution in [2.24, 2.45) is 0 Å². The van der Waals surface area contributed by atoms with Gasteiger partial charge in [0.2, 0.25) is 0 Å². The molecule has 0 atom stereocenters. The summed E-state index contributed by atoms with van der Waals surface area (Å²) in [7, 11) is 3.52. The van der Waals surface area contributed by atoms with Gasteiger partial charge in [-0.3, -0.25) is 0 Å². The van der Waals surface area contributed by atoms with Gasteiger partial charge in [0.1, 0.15) is 5.75 Å². The van der Waals surface area contributed by atoms with E-state index in [-0.39, 0.29) is 0 Å². The van der Waals surface area contributed by atoms with Gasteiger partial charge in [-0.1, -0.05) is 12.1 Å². The highest BCUT2D eigenvalue weighted by molar-refractivity contribution is 5.90. The first-order chi connectivity index (χ1) is 8.30. The molecule has 0 aliphatic carbocycles. The standard InChI is InChI=1S/C14H14N2O/c1-16-11-4-5-12-10(9-11)3-6-14(17-2)13(12)7-8-15/h3-6,9,16H,7H2,1-2H3. The lowest BCUT2D eigenvalue weighted by atomic mass is 10.0. The largest absolute Gasteiger partial charge is 0.496 e. The Morgan fingerprint density at radius 3 is 2.76 bits per heavy atom. The highest BCUT2D eigenvalue weighted by Crippen LogP contribution is 2.29. The number of rotatable bonds is 3. The number of methoxy groups -OCH3 is 1. The second kappa shape index (κ2) is 4.75. The predicted octanol–water partition coefficient (Wildman–Crippen LogP) is 2.96. The lowest BCUT2D eigenvalue weighted by molar-refractivity contribution is 0.411. The van der Waals surface area contributed by atoms with Crippen molar-refractivity contribution in [1.29, 1.82) is 5.26 Å². The molecule has 0 spiro atoms. The fourth-order valence-electron chi connectivity index (χ4n) is 1.98. The summed E-state index contributed by atoms with van der Waals surface area (Å²) in [6, 6.07) is 12.2. The summed E-state index contributed by atoms with van der Waals surface area (Å²) in [5, 5.41) is 14.2. The maximum atomic E-state index is 8.88. The molecule has 0 radical (unpaired) electrons. The molecule has 0 amide bonds. The van der Waals surface area contributed by atoms with Gasteiger partial charge in [-0.25, -0.2) is 0 Å². The Kier molecular flexibility index (Phi) is 3.15. The van der Waals surface area contributed by atoms with E-state index >= 15 is 0 Å². The molecule has 0 aromatic heterocycles. The minimum absolute atomic E-state index is 0.361. The van der Waals surface area contributed by atoms with Crippen LogP contribution in [0.4, 0.5) is 5.69 Å². The van der Waals surface area contributed by atoms with Crippen LogP contribution in [0, 0.1) is 11.3 Å². The van der Waals surface area contributed by atoms with Crippen LogP contribution in [0.2, 0.25) is 0 Å². The number of anilines is 1. The van der Waals surface area contributed by atoms with Crippen molar-refractivity contribution >= 4 is 16.5 Å². The molecule has 0 unspecified atom stereocenters. The number of ether oxygens (including phenoxy) is 1. The molecule has 86 valence electrons. The molecule has 2 aromatic rings. The van der Waals surface area contributed by atoms with E-state index in [4.69, 9.17) is 10.00 Å². The van der Waals surface area contributed by atoms with Crippen LogP contribution in [0.5, 0.6) is 5.75 Å². The monoisotopic (exact) mass is 226 g/mol. The molecule has 1 N–H and O–H groups in total. The first-order valence-electron chi connectivity index (χ1n) is 5.44. The normalized spacial score (nSPS) is 9.94. The Balaban J connectivity index is 2.68. The van der Waals surface area contributed by atoms with Crippen LogP contribution in [0.1, 0.15) is 5.56 Å². The lowest BCUT2D eigenvalue weighted by Gasteiger charge is -2.10. The van der Waals surface area contributed by atoms with Crippen LogP contribution in [-0.2, 0) is 6.42 Å². The second-order valence-corrected chi connectivity index (χ2v) is 3.77. The van der Waals surface area contributed by atoms with Crippen LogP contribution in [0.25, 0.3) is 10.8 Å². The van der Waals surface area contributed by atoms with Gasteiger partial charge < -0.3 is 10.1 Å². The minimum Gasteiger partial charge on any atom is -0.496 e. The third-order valence-corrected chi connectivity index (χ3v) is 2.85. The van der Waals surface area contributed by atoms with Gasteiger partial charge in [0, 0.05) is 18.3 Å². The summed E-state index contributed by atoms with van der Waals surface area (Å²) in [5.41, 5.74) is 2.01. The molecular formula is C14H14N2O. The number of nitrogens with zero attached hydrogens (tertiary/aromatic N) is 1. The zero-order chi connectivity index (χ0) is 12.3. The molecule has 3 heteroatoms. The number of benzene rings is 2. The van der Waals surface area contributed by atoms with Crippen molar-refractivity contribution in [3.05, 3.63) is 35.9 Å². The van der Waals surface area contributed by atoms with Crippen molar-refractivity contribution in [3.8, 4) is 11.8 Å². The molecule has 0 saturated carbocycles. The van der Waals surface area contributed by atoms with E-state index in [0.29, 0.717) is 6.42 Å². The quantitative estimate of drug-likeness (QED) is 0.875. The van der Waals surface area contributed by atoms with E-state index in [2.05, 4.69) is 17.5 Å². The molecule has 0 bridgehead atoms. The highest BCUT2D eigenvalue weighted by Gasteiger charge is 2.08. The molecule has 0 aliphatic heterocycles. The molecule has 2 aromatic carbocycles. The fourth-order valence-corrected chi connectivity index (χ4v) is 1.98. The summed E-state index contributed by atoms with van der Waals surface area (Å²) in [6.45, 7) is 0. The van der Waals surface area contributed by atoms with E-state index in [9.17, 15) is 0 Å². The Morgan fingerprint density at radius 2 is 2.12 bits per heavy atom. The van der Waals surface area contributed by atoms with Crippen LogP contribution in [0.15, 0.2) is 30.3 Å². The third-order valence-electron chi connectivity index (χ3n) is 2.85. The number of nitrogens with one attached hydrogen (secondary N) is 1. The second-order valence-electron chi connectivity index (χ2n) is 3.77. The number of fused-ring (bicyclic) bond motifs is 1. The van der Waals surface area contributed by atoms with Crippen molar-refractivity contribution in [2.75, 3.05) is 19.5 Å². The van der Waals surface area contributed by atoms with Crippen molar-refractivity contribution < 1.29 is 4.74 Å². The molecule has 3 nitrogen and oxygen atoms in total. The van der Waals surface area contributed by atoms with Crippen molar-refractivity contribution in [1.82, 2.24) is 0 Å². The SMILES string of the molecule is CNc1ccc2c(CC#N)c(OC)ccc2c1. The summed E-state index contributed by atoms with van der Waals surface area (Å²) < 4.78 is 5.30. The van der Waals surface area contributed by atoms with Gasteiger partial charge >= 0.3 is 0 Å². The van der Waals surface area contributed by atoms with Gasteiger partial charge in [-0.05, 0) is 29.0 Å². The zero-order valence-electron chi connectivity index (χ0n) is 9.95. The van der Waals surface area contributed by atoms with Crippen molar-refractivity contribution in [2.45, 2.75) is 6.42 Å². The zero-order valence-corrected chi connectivity index (χ0v) is 9.95. The lowest BCUT2D eigenvalue weighted by Crippen LogP contribution is -1.94. The van der Waals surface area contributed by atoms with Gasteiger partial charge in [-0.15, -0.1) is 0 Å². The number of nitriles is 1. The molecule has 0 fully saturated rings. The van der Waals surface area contributed by atoms with Crippen LogP contribution >= 0.6 is 0 Å². The predicted molar refractivity (Wildman–Crippen MR) is 69.4 cm³/mol. The van der Waals surface area contributed by atoms with E-state index in [1.54, 1.807) is 7.11 Å². The number of hydrogen-bond donors (Lipinski definition) is 1. The van der Waals surface area contributed by atoms with Crippen molar-refractivity contribution in [3.63, 3.8) is 0 Å². The average molecular weight is 226 g/mol. The third kappa shape index (κ3) is 2.02. The molecule has 0 aliphatic rings. The fraction of sp³-hybridized carbons (Fsp3) is 0.214. The maximum absolute atomic E-state index is 8.88. The molecule has 17 heavy (non-hydrogen) atoms. The number of hydrogen-bond acceptors (Lipinski definition) is 3. The highest BCUT2D eigenvalue weighted by atomic mass is 16.5. The van der Waals surface area contributed by atoms with Gasteiger partial charge in [0.15, 0.2) is 0 Å². The molecule has 0 saturated heterocycles. The Bertz CT molecular complexity index is 585. The Hall–Kier alpha value is -2.21. The minimum atomic E-state index is 0.361. The smallest absolute Gasteiger partial charge is 0.123 e. The summed E-state index contributed by atoms with van der Waals surface area (Å²) in [5.74, 6) is 0.774. The van der Waals surface area contributed by atoms with Gasteiger partial charge in [0.25, 0.3) is 0 Å². The average Bonchev–Trinajstić information content (AvgIpc) is 2.38. The molecule has 0 heterocycles. The van der Waals surface area contributed by atoms with Crippen LogP contribution in [-0.4, -0.2) is 14.2 Å². The first kappa shape index (κ1) is 11.3. The van der Waals surface area contributed by atoms with Gasteiger partial charge in [0.05, 0.1) is 19.6 Å². The maximum Gasteiger partial charge on any atom is 0.123 e. The van der Waals surface area contributed by atoms with Crippen LogP contribution in [0.3, 0.4) is 0 Å². The van der Waals surface area contributed by atoms with Gasteiger partial charge in [-0.2, -0.15) is 5.26 Å². The summed E-state index contributed by atoms with van der Waals surface area (Å²) >= 11 is 0. The molecule has 2 rings (SSSR count). The van der Waals surface area contributed by atoms with E-state index in [1.165, 1.54) is 0 Å². The summed E-state index contributed by atoms with van der Waals surface area (Å²) in [4.78, 5) is 0. The van der Waals surface area contributed by atoms with E-state index in [1.807, 2.05) is 31.3 Å². The first-order valence-corrected chi connectivity index (χ1v) is 5.44. The Labute approximate surface area is 101 Å². The van der Waals surface area contributed by atoms with E-state index < -0.39 is 0 Å². The topological polar surface area (TPSA) is 45.0 Å². The summed E-state index contributed by atoms with van der Waals surface area (Å²) in [6.07, 6.45) is 0.361. The van der Waals surface area contributed by atoms with E-state index in [0.717, 1.165) is 27.8 Å². The Morgan fingerprint density at radius 1 is 1.29 bits per heavy atom. The van der Waals surface area contributed by atoms with Crippen LogP contribution < -0.4 is 10.1 Å². The molecular weight excluding hydrogens is 212 g/mol.